The zero-order valence-electron chi connectivity index (χ0n) is 25.6. The smallest absolute Gasteiger partial charge is 0.253 e. The van der Waals surface area contributed by atoms with Crippen LogP contribution >= 0.6 is 0 Å². The molecule has 2 aliphatic heterocycles. The fourth-order valence-electron chi connectivity index (χ4n) is 5.63. The normalized spacial score (nSPS) is 24.7. The molecule has 2 fully saturated rings. The Hall–Kier alpha value is -2.50. The monoisotopic (exact) mass is 706 g/mol. The van der Waals surface area contributed by atoms with E-state index in [1.54, 1.807) is 8.87 Å². The Labute approximate surface area is 265 Å². The average Bonchev–Trinajstić information content (AvgIpc) is 3.48. The number of unbranched alkanes of at least 4 members (excludes halogenated alkanes) is 2. The summed E-state index contributed by atoms with van der Waals surface area (Å²) in [4.78, 5) is 69.2. The first-order chi connectivity index (χ1) is 20.6. The fourth-order valence-corrected chi connectivity index (χ4v) is 9.79. The molecule has 4 amide bonds. The molecule has 0 spiro atoms. The van der Waals surface area contributed by atoms with E-state index >= 15 is 0 Å². The molecule has 43 heavy (non-hydrogen) atoms. The molecule has 2 saturated carbocycles. The first-order valence-corrected chi connectivity index (χ1v) is 19.8. The van der Waals surface area contributed by atoms with Crippen molar-refractivity contribution in [2.24, 2.45) is 23.7 Å². The SMILES string of the molecule is CCC[CH2][Sn+2][CH2]CCC.O=C([O-])C1CCC(CN2C(=O)C=CC2=O)CC1.O=C([O-])C1CCC(CN2C(=O)C=CC2=O)CC1. The van der Waals surface area contributed by atoms with Crippen LogP contribution in [0.5, 0.6) is 0 Å². The number of nitrogens with zero attached hydrogens (tertiary/aromatic N) is 2. The maximum atomic E-state index is 11.3. The Bertz CT molecular complexity index is 910. The van der Waals surface area contributed by atoms with E-state index in [1.165, 1.54) is 59.8 Å². The van der Waals surface area contributed by atoms with Gasteiger partial charge in [-0.3, -0.25) is 29.0 Å². The summed E-state index contributed by atoms with van der Waals surface area (Å²) < 4.78 is 3.25. The molecule has 0 aromatic heterocycles. The van der Waals surface area contributed by atoms with E-state index in [4.69, 9.17) is 0 Å². The third kappa shape index (κ3) is 12.9. The van der Waals surface area contributed by atoms with Crippen LogP contribution in [0.4, 0.5) is 0 Å². The summed E-state index contributed by atoms with van der Waals surface area (Å²) in [5, 5.41) is 21.3. The number of carbonyl (C=O) groups excluding carboxylic acids is 6. The number of carboxylic acids is 2. The molecule has 10 nitrogen and oxygen atoms in total. The Morgan fingerprint density at radius 1 is 0.628 bits per heavy atom. The van der Waals surface area contributed by atoms with Crippen molar-refractivity contribution in [3.63, 3.8) is 0 Å². The van der Waals surface area contributed by atoms with Crippen LogP contribution in [-0.4, -0.2) is 79.6 Å². The summed E-state index contributed by atoms with van der Waals surface area (Å²) in [5.41, 5.74) is 0. The average molecular weight is 705 g/mol. The molecule has 2 aliphatic carbocycles. The predicted octanol–water partition coefficient (Wildman–Crippen LogP) is 2.06. The summed E-state index contributed by atoms with van der Waals surface area (Å²) in [7, 11) is 0. The van der Waals surface area contributed by atoms with Gasteiger partial charge in [-0.05, 0) is 75.0 Å². The quantitative estimate of drug-likeness (QED) is 0.170. The summed E-state index contributed by atoms with van der Waals surface area (Å²) in [6.45, 7) is 5.40. The molecule has 0 aromatic carbocycles. The Morgan fingerprint density at radius 2 is 0.930 bits per heavy atom. The van der Waals surface area contributed by atoms with Gasteiger partial charge in [0.15, 0.2) is 0 Å². The van der Waals surface area contributed by atoms with Gasteiger partial charge < -0.3 is 19.8 Å². The molecule has 0 unspecified atom stereocenters. The standard InChI is InChI=1S/2C12H15NO4.2C4H9.Sn/c2*14-10-5-6-11(15)13(10)7-8-1-3-9(4-2-8)12(16)17;2*1-3-4-2;/h2*5-6,8-9H,1-4,7H2,(H,16,17);2*1,3-4H2,2H3;/q;;;;+2/p-2. The minimum Gasteiger partial charge on any atom is -0.550 e. The summed E-state index contributed by atoms with van der Waals surface area (Å²) in [5.74, 6) is -3.33. The van der Waals surface area contributed by atoms with Crippen molar-refractivity contribution < 1.29 is 39.0 Å². The Kier molecular flexibility index (Phi) is 16.8. The van der Waals surface area contributed by atoms with Crippen LogP contribution in [0.2, 0.25) is 8.87 Å². The third-order valence-electron chi connectivity index (χ3n) is 8.46. The van der Waals surface area contributed by atoms with Crippen LogP contribution in [0.1, 0.15) is 90.9 Å². The van der Waals surface area contributed by atoms with Gasteiger partial charge >= 0.3 is 69.5 Å². The summed E-state index contributed by atoms with van der Waals surface area (Å²) >= 11 is 0.149. The van der Waals surface area contributed by atoms with Crippen LogP contribution < -0.4 is 10.2 Å². The van der Waals surface area contributed by atoms with E-state index in [0.717, 1.165) is 25.7 Å². The molecule has 0 atom stereocenters. The van der Waals surface area contributed by atoms with Crippen LogP contribution in [0, 0.1) is 23.7 Å². The van der Waals surface area contributed by atoms with Crippen molar-refractivity contribution in [2.75, 3.05) is 13.1 Å². The molecular formula is C32H46N2O8Sn. The maximum absolute atomic E-state index is 11.3. The maximum Gasteiger partial charge on any atom is 0.253 e. The van der Waals surface area contributed by atoms with Gasteiger partial charge in [-0.2, -0.15) is 0 Å². The number of imide groups is 2. The van der Waals surface area contributed by atoms with Crippen LogP contribution in [-0.2, 0) is 28.8 Å². The van der Waals surface area contributed by atoms with Gasteiger partial charge in [0.2, 0.25) is 0 Å². The first-order valence-electron chi connectivity index (χ1n) is 15.8. The summed E-state index contributed by atoms with van der Waals surface area (Å²) in [6, 6.07) is 0. The number of rotatable bonds is 12. The van der Waals surface area contributed by atoms with E-state index in [2.05, 4.69) is 13.8 Å². The van der Waals surface area contributed by atoms with E-state index in [9.17, 15) is 39.0 Å². The molecule has 4 aliphatic rings. The number of aliphatic carboxylic acids is 2. The summed E-state index contributed by atoms with van der Waals surface area (Å²) in [6.07, 6.45) is 16.2. The fraction of sp³-hybridized carbons (Fsp3) is 0.688. The second-order valence-corrected chi connectivity index (χ2v) is 16.1. The van der Waals surface area contributed by atoms with Crippen molar-refractivity contribution in [3.8, 4) is 0 Å². The van der Waals surface area contributed by atoms with Gasteiger partial charge in [-0.25, -0.2) is 0 Å². The van der Waals surface area contributed by atoms with Gasteiger partial charge in [0.25, 0.3) is 23.6 Å². The van der Waals surface area contributed by atoms with E-state index < -0.39 is 11.9 Å². The van der Waals surface area contributed by atoms with Crippen molar-refractivity contribution >= 4 is 56.7 Å². The van der Waals surface area contributed by atoms with Crippen LogP contribution in [0.15, 0.2) is 24.3 Å². The Morgan fingerprint density at radius 3 is 1.19 bits per heavy atom. The van der Waals surface area contributed by atoms with Gasteiger partial charge in [-0.15, -0.1) is 0 Å². The van der Waals surface area contributed by atoms with Crippen molar-refractivity contribution in [1.29, 1.82) is 0 Å². The molecule has 236 valence electrons. The number of carboxylic acid groups (broad SMARTS) is 2. The van der Waals surface area contributed by atoms with E-state index in [1.807, 2.05) is 0 Å². The van der Waals surface area contributed by atoms with Crippen LogP contribution in [0.3, 0.4) is 0 Å². The zero-order valence-corrected chi connectivity index (χ0v) is 28.4. The van der Waals surface area contributed by atoms with Gasteiger partial charge in [-0.1, -0.05) is 0 Å². The van der Waals surface area contributed by atoms with Gasteiger partial charge in [0.1, 0.15) is 0 Å². The second kappa shape index (κ2) is 19.7. The minimum atomic E-state index is -0.988. The minimum absolute atomic E-state index is 0.149. The number of amides is 4. The molecule has 0 bridgehead atoms. The number of carbonyl (C=O) groups is 6. The number of hydrogen-bond donors (Lipinski definition) is 0. The van der Waals surface area contributed by atoms with Gasteiger partial charge in [0, 0.05) is 49.3 Å². The molecule has 0 radical (unpaired) electrons. The molecule has 2 heterocycles. The van der Waals surface area contributed by atoms with Crippen molar-refractivity contribution in [1.82, 2.24) is 9.80 Å². The molecule has 0 N–H and O–H groups in total. The van der Waals surface area contributed by atoms with Gasteiger partial charge in [0.05, 0.1) is 0 Å². The number of hydrogen-bond acceptors (Lipinski definition) is 8. The van der Waals surface area contributed by atoms with Crippen molar-refractivity contribution in [3.05, 3.63) is 24.3 Å². The second-order valence-electron chi connectivity index (χ2n) is 11.8. The molecule has 0 aromatic rings. The molecule has 11 heteroatoms. The topological polar surface area (TPSA) is 155 Å². The molecular weight excluding hydrogens is 659 g/mol. The van der Waals surface area contributed by atoms with Crippen LogP contribution in [0.25, 0.3) is 0 Å². The van der Waals surface area contributed by atoms with Crippen molar-refractivity contribution in [2.45, 2.75) is 99.8 Å². The Balaban J connectivity index is 0.000000238. The predicted molar refractivity (Wildman–Crippen MR) is 158 cm³/mol. The van der Waals surface area contributed by atoms with E-state index in [0.29, 0.717) is 38.8 Å². The molecule has 0 saturated heterocycles. The first kappa shape index (κ1) is 36.7. The third-order valence-corrected chi connectivity index (χ3v) is 12.5. The zero-order chi connectivity index (χ0) is 31.8. The molecule has 4 rings (SSSR count). The van der Waals surface area contributed by atoms with E-state index in [-0.39, 0.29) is 68.4 Å². The largest absolute Gasteiger partial charge is 0.550 e.